The molecule has 5 heterocycles. The molecule has 5 nitrogen and oxygen atoms in total. The van der Waals surface area contributed by atoms with Gasteiger partial charge in [-0.3, -0.25) is 0 Å². The number of nitrogens with zero attached hydrogens (tertiary/aromatic N) is 4. The number of benzene rings is 9. The van der Waals surface area contributed by atoms with Crippen LogP contribution in [0.15, 0.2) is 206 Å². The number of para-hydroxylation sites is 2. The van der Waals surface area contributed by atoms with E-state index in [1.54, 1.807) is 8.79 Å². The van der Waals surface area contributed by atoms with E-state index in [-0.39, 0.29) is 21.7 Å². The SMILES string of the molecule is CP1c2cccc[c]2[Ge]2([c]3ccccc31)[c]1cccc3c1c1[c]2cc(Oc2cccc(N4CN(c5c(-c6ccccc6)cc(C(C)(C)C)cc5-c5cc(C(C)(C)C)cc(C(C)(C)C)c5)c5ccccc54)c2)cc1n3-c1cc(C(C)(C)C)ccn1. The van der Waals surface area contributed by atoms with Gasteiger partial charge in [0.1, 0.15) is 0 Å². The van der Waals surface area contributed by atoms with Crippen LogP contribution < -0.4 is 42.7 Å². The Hall–Kier alpha value is -7.70. The monoisotopic (exact) mass is 1180 g/mol. The van der Waals surface area contributed by atoms with E-state index in [4.69, 9.17) is 9.72 Å². The Morgan fingerprint density at radius 2 is 0.976 bits per heavy atom. The third-order valence-electron chi connectivity index (χ3n) is 18.3. The van der Waals surface area contributed by atoms with Crippen LogP contribution in [0.1, 0.15) is 105 Å². The van der Waals surface area contributed by atoms with Gasteiger partial charge in [0.25, 0.3) is 0 Å². The van der Waals surface area contributed by atoms with Gasteiger partial charge in [-0.25, -0.2) is 0 Å². The quantitative estimate of drug-likeness (QED) is 0.118. The second-order valence-corrected chi connectivity index (χ2v) is 37.6. The minimum absolute atomic E-state index is 0.0546. The first-order valence-electron chi connectivity index (χ1n) is 29.9. The predicted molar refractivity (Wildman–Crippen MR) is 362 cm³/mol. The van der Waals surface area contributed by atoms with Crippen LogP contribution in [0, 0.1) is 0 Å². The number of hydrogen-bond donors (Lipinski definition) is 0. The Balaban J connectivity index is 0.940. The average molecular weight is 1180 g/mol. The van der Waals surface area contributed by atoms with E-state index in [0.29, 0.717) is 6.67 Å². The zero-order valence-corrected chi connectivity index (χ0v) is 54.0. The van der Waals surface area contributed by atoms with Gasteiger partial charge >= 0.3 is 337 Å². The Kier molecular flexibility index (Phi) is 12.5. The van der Waals surface area contributed by atoms with Crippen molar-refractivity contribution in [3.8, 4) is 39.6 Å². The van der Waals surface area contributed by atoms with Gasteiger partial charge in [-0.05, 0) is 56.2 Å². The number of hydrogen-bond acceptors (Lipinski definition) is 4. The number of aromatic nitrogens is 2. The summed E-state index contributed by atoms with van der Waals surface area (Å²) in [7, 11) is -0.548. The summed E-state index contributed by atoms with van der Waals surface area (Å²) < 4.78 is 15.9. The summed E-state index contributed by atoms with van der Waals surface area (Å²) in [6.07, 6.45) is 1.99. The molecule has 3 aliphatic heterocycles. The van der Waals surface area contributed by atoms with Crippen LogP contribution in [-0.2, 0) is 21.7 Å². The van der Waals surface area contributed by atoms with Crippen LogP contribution in [0.5, 0.6) is 11.5 Å². The Morgan fingerprint density at radius 3 is 1.62 bits per heavy atom. The molecule has 0 N–H and O–H groups in total. The van der Waals surface area contributed by atoms with Gasteiger partial charge in [-0.15, -0.1) is 0 Å². The summed E-state index contributed by atoms with van der Waals surface area (Å²) in [5, 5.41) is 5.73. The van der Waals surface area contributed by atoms with Gasteiger partial charge < -0.3 is 0 Å². The van der Waals surface area contributed by atoms with Crippen molar-refractivity contribution in [3.05, 3.63) is 229 Å². The molecule has 9 aromatic carbocycles. The molecule has 0 saturated heterocycles. The Morgan fingerprint density at radius 1 is 0.429 bits per heavy atom. The molecule has 0 aliphatic carbocycles. The summed E-state index contributed by atoms with van der Waals surface area (Å²) in [4.78, 5) is 10.2. The molecule has 14 rings (SSSR count). The van der Waals surface area contributed by atoms with Crippen LogP contribution in [0.4, 0.5) is 22.7 Å². The van der Waals surface area contributed by atoms with Gasteiger partial charge in [0.05, 0.1) is 0 Å². The summed E-state index contributed by atoms with van der Waals surface area (Å²) in [6.45, 7) is 31.0. The molecular weight excluding hydrogens is 1100 g/mol. The van der Waals surface area contributed by atoms with Crippen molar-refractivity contribution in [2.75, 3.05) is 23.1 Å². The van der Waals surface area contributed by atoms with E-state index in [2.05, 4.69) is 304 Å². The normalized spacial score (nSPS) is 16.5. The number of pyridine rings is 1. The number of anilines is 4. The van der Waals surface area contributed by atoms with E-state index < -0.39 is 21.2 Å². The minimum atomic E-state index is -3.71. The first kappa shape index (κ1) is 54.3. The third kappa shape index (κ3) is 8.61. The standard InChI is InChI=1S/C77H75GeN4OP/c1-74(2,3)51-37-38-79-70(44-51)82-66-34-24-31-62-71(66)72-63(78(62)60-29-17-21-35-68(60)84(13)69-36-22-18-30-61(69)78)46-57(47-67(72)82)83-56-28-23-27-55(45-56)80-48-81(65-33-20-19-32-64(65)80)73-58(49-25-15-14-16-26-49)42-54(77(10,11)12)43-59(73)50-39-52(75(4,5)6)41-53(40-50)76(7,8)9/h14-47H,48H2,1-13H3. The van der Waals surface area contributed by atoms with Crippen molar-refractivity contribution in [2.24, 2.45) is 0 Å². The summed E-state index contributed by atoms with van der Waals surface area (Å²) in [6, 6.07) is 76.3. The molecule has 0 fully saturated rings. The third-order valence-corrected chi connectivity index (χ3v) is 31.7. The van der Waals surface area contributed by atoms with Gasteiger partial charge in [-0.2, -0.15) is 0 Å². The van der Waals surface area contributed by atoms with Crippen molar-refractivity contribution in [2.45, 2.75) is 105 Å². The Labute approximate surface area is 501 Å². The molecule has 11 aromatic rings. The predicted octanol–water partition coefficient (Wildman–Crippen LogP) is 16.8. The summed E-state index contributed by atoms with van der Waals surface area (Å²) in [5.74, 6) is 2.55. The van der Waals surface area contributed by atoms with Crippen LogP contribution >= 0.6 is 7.92 Å². The fraction of sp³-hybridized carbons (Fsp3) is 0.234. The maximum atomic E-state index is 7.45. The van der Waals surface area contributed by atoms with Crippen LogP contribution in [0.3, 0.4) is 0 Å². The number of rotatable bonds is 7. The zero-order valence-electron chi connectivity index (χ0n) is 51.0. The van der Waals surface area contributed by atoms with Gasteiger partial charge in [-0.1, -0.05) is 111 Å². The van der Waals surface area contributed by atoms with Crippen molar-refractivity contribution >= 4 is 93.9 Å². The first-order chi connectivity index (χ1) is 40.1. The van der Waals surface area contributed by atoms with E-state index >= 15 is 0 Å². The average Bonchev–Trinajstić information content (AvgIpc) is 1.50. The van der Waals surface area contributed by atoms with E-state index in [9.17, 15) is 0 Å². The molecule has 0 radical (unpaired) electrons. The van der Waals surface area contributed by atoms with E-state index in [0.717, 1.165) is 34.2 Å². The Bertz CT molecular complexity index is 4390. The molecular formula is C77H75GeN4OP. The fourth-order valence-electron chi connectivity index (χ4n) is 13.8. The molecule has 1 spiro atoms. The second-order valence-electron chi connectivity index (χ2n) is 27.8. The molecule has 2 aromatic heterocycles. The molecule has 7 heteroatoms. The molecule has 0 amide bonds. The van der Waals surface area contributed by atoms with Crippen molar-refractivity contribution < 1.29 is 4.74 Å². The topological polar surface area (TPSA) is 33.5 Å². The molecule has 418 valence electrons. The zero-order chi connectivity index (χ0) is 58.4. The molecule has 0 bridgehead atoms. The molecule has 0 unspecified atom stereocenters. The van der Waals surface area contributed by atoms with Crippen molar-refractivity contribution in [3.63, 3.8) is 0 Å². The number of fused-ring (bicyclic) bond motifs is 7. The first-order valence-corrected chi connectivity index (χ1v) is 35.9. The van der Waals surface area contributed by atoms with E-state index in [1.807, 2.05) is 6.20 Å². The van der Waals surface area contributed by atoms with Crippen molar-refractivity contribution in [1.29, 1.82) is 0 Å². The number of ether oxygens (including phenoxy) is 1. The summed E-state index contributed by atoms with van der Waals surface area (Å²) >= 11 is -3.71. The van der Waals surface area contributed by atoms with Gasteiger partial charge in [0.15, 0.2) is 0 Å². The molecule has 3 aliphatic rings. The molecule has 84 heavy (non-hydrogen) atoms. The molecule has 0 atom stereocenters. The van der Waals surface area contributed by atoms with Gasteiger partial charge in [0.2, 0.25) is 0 Å². The summed E-state index contributed by atoms with van der Waals surface area (Å²) in [5.41, 5.74) is 16.8. The van der Waals surface area contributed by atoms with Crippen LogP contribution in [0.25, 0.3) is 49.9 Å². The van der Waals surface area contributed by atoms with E-state index in [1.165, 1.54) is 91.6 Å². The van der Waals surface area contributed by atoms with Crippen LogP contribution in [-0.4, -0.2) is 36.2 Å². The van der Waals surface area contributed by atoms with Crippen molar-refractivity contribution in [1.82, 2.24) is 9.55 Å². The van der Waals surface area contributed by atoms with Gasteiger partial charge in [0, 0.05) is 0 Å². The fourth-order valence-corrected chi connectivity index (χ4v) is 30.6. The second kappa shape index (κ2) is 19.4. The van der Waals surface area contributed by atoms with Crippen LogP contribution in [0.2, 0.25) is 0 Å². The molecule has 0 saturated carbocycles. The maximum absolute atomic E-state index is 7.45.